The summed E-state index contributed by atoms with van der Waals surface area (Å²) in [4.78, 5) is 24.9. The highest BCUT2D eigenvalue weighted by atomic mass is 16.6. The predicted molar refractivity (Wildman–Crippen MR) is 59.1 cm³/mol. The number of aromatic amines is 1. The van der Waals surface area contributed by atoms with E-state index in [4.69, 9.17) is 9.84 Å². The van der Waals surface area contributed by atoms with Crippen molar-refractivity contribution in [3.05, 3.63) is 32.6 Å². The fourth-order valence-electron chi connectivity index (χ4n) is 1.88. The lowest BCUT2D eigenvalue weighted by molar-refractivity contribution is -0.0551. The number of aliphatic hydroxyl groups is 3. The molecule has 1 aromatic heterocycles. The van der Waals surface area contributed by atoms with Crippen LogP contribution in [0.2, 0.25) is 0 Å². The Kier molecular flexibility index (Phi) is 3.35. The van der Waals surface area contributed by atoms with Gasteiger partial charge in [0, 0.05) is 11.8 Å². The summed E-state index contributed by atoms with van der Waals surface area (Å²) in [6.07, 6.45) is -3.52. The van der Waals surface area contributed by atoms with Gasteiger partial charge in [-0.15, -0.1) is 0 Å². The zero-order chi connectivity index (χ0) is 13.4. The number of aryl methyl sites for hydroxylation is 1. The molecule has 1 aliphatic rings. The Morgan fingerprint density at radius 1 is 1.39 bits per heavy atom. The van der Waals surface area contributed by atoms with Crippen LogP contribution < -0.4 is 11.2 Å². The first-order valence-corrected chi connectivity index (χ1v) is 5.40. The first-order chi connectivity index (χ1) is 8.45. The van der Waals surface area contributed by atoms with Gasteiger partial charge in [0.15, 0.2) is 6.23 Å². The second kappa shape index (κ2) is 4.65. The van der Waals surface area contributed by atoms with Crippen LogP contribution in [0.3, 0.4) is 0 Å². The molecule has 1 aromatic rings. The van der Waals surface area contributed by atoms with Gasteiger partial charge in [0.05, 0.1) is 6.61 Å². The number of hydrogen-bond acceptors (Lipinski definition) is 6. The molecule has 0 saturated carbocycles. The Morgan fingerprint density at radius 2 is 2.06 bits per heavy atom. The lowest BCUT2D eigenvalue weighted by atomic mass is 10.2. The molecule has 100 valence electrons. The Bertz CT molecular complexity index is 550. The second-order valence-electron chi connectivity index (χ2n) is 4.21. The van der Waals surface area contributed by atoms with Crippen molar-refractivity contribution < 1.29 is 20.1 Å². The van der Waals surface area contributed by atoms with Gasteiger partial charge in [0.1, 0.15) is 18.3 Å². The van der Waals surface area contributed by atoms with Gasteiger partial charge in [-0.25, -0.2) is 4.79 Å². The number of nitrogens with one attached hydrogen (secondary N) is 1. The van der Waals surface area contributed by atoms with Crippen LogP contribution in [0.1, 0.15) is 11.8 Å². The van der Waals surface area contributed by atoms with E-state index in [2.05, 4.69) is 4.98 Å². The lowest BCUT2D eigenvalue weighted by Crippen LogP contribution is -2.38. The molecular weight excluding hydrogens is 245 g/mol. The standard InChI is InChI=1S/C10H14N2O6/c1-4-2-12(10(17)11-8(4)16)9-7(15)6(14)5(3-13)18-9/h2,5-7,9,13-15H,3H2,1H3,(H,11,16,17)/t5-,6-,7-,9-/m1/s1/i9+1. The van der Waals surface area contributed by atoms with E-state index in [0.29, 0.717) is 0 Å². The number of aliphatic hydroxyl groups excluding tert-OH is 3. The zero-order valence-corrected chi connectivity index (χ0v) is 9.61. The Labute approximate surface area is 101 Å². The fourth-order valence-corrected chi connectivity index (χ4v) is 1.88. The minimum Gasteiger partial charge on any atom is -0.394 e. The Balaban J connectivity index is 2.42. The summed E-state index contributed by atoms with van der Waals surface area (Å²) < 4.78 is 6.17. The monoisotopic (exact) mass is 259 g/mol. The molecule has 0 bridgehead atoms. The quantitative estimate of drug-likeness (QED) is 0.434. The molecule has 2 heterocycles. The molecule has 1 aliphatic heterocycles. The van der Waals surface area contributed by atoms with E-state index in [-0.39, 0.29) is 5.56 Å². The van der Waals surface area contributed by atoms with Crippen LogP contribution in [0, 0.1) is 6.92 Å². The van der Waals surface area contributed by atoms with Gasteiger partial charge in [-0.05, 0) is 6.92 Å². The minimum absolute atomic E-state index is 0.271. The number of H-pyrrole nitrogens is 1. The number of rotatable bonds is 2. The molecule has 0 spiro atoms. The molecule has 2 rings (SSSR count). The maximum atomic E-state index is 11.6. The van der Waals surface area contributed by atoms with Gasteiger partial charge in [0.25, 0.3) is 5.56 Å². The molecule has 0 radical (unpaired) electrons. The van der Waals surface area contributed by atoms with Crippen LogP contribution in [0.25, 0.3) is 0 Å². The van der Waals surface area contributed by atoms with Crippen LogP contribution in [0.5, 0.6) is 0 Å². The van der Waals surface area contributed by atoms with Gasteiger partial charge in [-0.2, -0.15) is 0 Å². The third-order valence-electron chi connectivity index (χ3n) is 2.94. The van der Waals surface area contributed by atoms with Crippen LogP contribution in [0.4, 0.5) is 0 Å². The lowest BCUT2D eigenvalue weighted by Gasteiger charge is -2.17. The molecule has 18 heavy (non-hydrogen) atoms. The maximum absolute atomic E-state index is 11.6. The maximum Gasteiger partial charge on any atom is 0.330 e. The highest BCUT2D eigenvalue weighted by molar-refractivity contribution is 5.03. The summed E-state index contributed by atoms with van der Waals surface area (Å²) >= 11 is 0. The van der Waals surface area contributed by atoms with Crippen molar-refractivity contribution in [2.45, 2.75) is 31.5 Å². The summed E-state index contributed by atoms with van der Waals surface area (Å²) in [5, 5.41) is 28.3. The number of ether oxygens (including phenoxy) is 1. The highest BCUT2D eigenvalue weighted by Gasteiger charge is 2.43. The van der Waals surface area contributed by atoms with Crippen LogP contribution in [-0.4, -0.2) is 49.8 Å². The van der Waals surface area contributed by atoms with E-state index in [1.165, 1.54) is 13.1 Å². The van der Waals surface area contributed by atoms with Crippen LogP contribution in [-0.2, 0) is 4.74 Å². The topological polar surface area (TPSA) is 125 Å². The normalized spacial score (nSPS) is 31.8. The van der Waals surface area contributed by atoms with Crippen molar-refractivity contribution in [2.75, 3.05) is 6.61 Å². The van der Waals surface area contributed by atoms with Crippen molar-refractivity contribution in [2.24, 2.45) is 0 Å². The molecule has 8 nitrogen and oxygen atoms in total. The van der Waals surface area contributed by atoms with Gasteiger partial charge in [0.2, 0.25) is 0 Å². The molecule has 4 N–H and O–H groups in total. The van der Waals surface area contributed by atoms with E-state index in [0.717, 1.165) is 4.57 Å². The molecular formula is C10H14N2O6. The first-order valence-electron chi connectivity index (χ1n) is 5.40. The average Bonchev–Trinajstić information content (AvgIpc) is 2.61. The Hall–Kier alpha value is -1.48. The van der Waals surface area contributed by atoms with Gasteiger partial charge < -0.3 is 20.1 Å². The largest absolute Gasteiger partial charge is 0.394 e. The SMILES string of the molecule is Cc1cn([13C@@H]2O[C@H](CO)[C@@H](O)[C@H]2O)c(=O)[nH]c1=O. The molecule has 1 saturated heterocycles. The number of nitrogens with zero attached hydrogens (tertiary/aromatic N) is 1. The summed E-state index contributed by atoms with van der Waals surface area (Å²) in [6.45, 7) is 1.02. The third kappa shape index (κ3) is 1.99. The zero-order valence-electron chi connectivity index (χ0n) is 9.61. The van der Waals surface area contributed by atoms with Crippen molar-refractivity contribution in [3.63, 3.8) is 0 Å². The van der Waals surface area contributed by atoms with Crippen LogP contribution in [0.15, 0.2) is 15.8 Å². The highest BCUT2D eigenvalue weighted by Crippen LogP contribution is 2.27. The fraction of sp³-hybridized carbons (Fsp3) is 0.600. The smallest absolute Gasteiger partial charge is 0.330 e. The van der Waals surface area contributed by atoms with Gasteiger partial charge in [-0.3, -0.25) is 14.3 Å². The summed E-state index contributed by atoms with van der Waals surface area (Å²) in [6, 6.07) is 0. The number of hydrogen-bond donors (Lipinski definition) is 4. The van der Waals surface area contributed by atoms with Crippen molar-refractivity contribution in [1.82, 2.24) is 9.55 Å². The summed E-state index contributed by atoms with van der Waals surface area (Å²) in [5.41, 5.74) is -1.00. The van der Waals surface area contributed by atoms with Gasteiger partial charge in [-0.1, -0.05) is 0 Å². The van der Waals surface area contributed by atoms with E-state index in [1.807, 2.05) is 0 Å². The van der Waals surface area contributed by atoms with E-state index >= 15 is 0 Å². The summed E-state index contributed by atoms with van der Waals surface area (Å²) in [7, 11) is 0. The molecule has 0 amide bonds. The van der Waals surface area contributed by atoms with E-state index in [1.54, 1.807) is 0 Å². The van der Waals surface area contributed by atoms with Crippen LogP contribution >= 0.6 is 0 Å². The predicted octanol–water partition coefficient (Wildman–Crippen LogP) is -2.54. The van der Waals surface area contributed by atoms with Crippen molar-refractivity contribution in [3.8, 4) is 0 Å². The first kappa shape index (κ1) is 13.0. The molecule has 0 aliphatic carbocycles. The van der Waals surface area contributed by atoms with E-state index in [9.17, 15) is 19.8 Å². The molecule has 8 heteroatoms. The van der Waals surface area contributed by atoms with Crippen molar-refractivity contribution >= 4 is 0 Å². The molecule has 1 fully saturated rings. The van der Waals surface area contributed by atoms with Crippen molar-refractivity contribution in [1.29, 1.82) is 0 Å². The van der Waals surface area contributed by atoms with Gasteiger partial charge >= 0.3 is 5.69 Å². The summed E-state index contributed by atoms with van der Waals surface area (Å²) in [5.74, 6) is 0. The molecule has 0 aromatic carbocycles. The third-order valence-corrected chi connectivity index (χ3v) is 2.94. The average molecular weight is 259 g/mol. The second-order valence-corrected chi connectivity index (χ2v) is 4.21. The number of aromatic nitrogens is 2. The molecule has 0 unspecified atom stereocenters. The molecule has 4 atom stereocenters. The Morgan fingerprint density at radius 3 is 2.61 bits per heavy atom. The minimum atomic E-state index is -1.36. The van der Waals surface area contributed by atoms with E-state index < -0.39 is 42.4 Å².